The standard InChI is InChI=1S/C19H20ClN3O4/c1-10(2)27-18(24)16-11(3)17(21-12(16)4)19(25)26-9-14-8-23-7-13(20)5-6-15(23)22-14/h5-8,10,21H,9H2,1-4H3. The summed E-state index contributed by atoms with van der Waals surface area (Å²) >= 11 is 5.95. The lowest BCUT2D eigenvalue weighted by Gasteiger charge is -2.08. The Kier molecular flexibility index (Phi) is 5.23. The predicted octanol–water partition coefficient (Wildman–Crippen LogP) is 3.85. The molecule has 0 amide bonds. The van der Waals surface area contributed by atoms with Crippen molar-refractivity contribution in [1.29, 1.82) is 0 Å². The van der Waals surface area contributed by atoms with Crippen LogP contribution >= 0.6 is 11.6 Å². The second-order valence-electron chi connectivity index (χ2n) is 6.50. The average Bonchev–Trinajstić information content (AvgIpc) is 3.11. The summed E-state index contributed by atoms with van der Waals surface area (Å²) in [6.07, 6.45) is 3.22. The number of imidazole rings is 1. The van der Waals surface area contributed by atoms with Gasteiger partial charge in [0, 0.05) is 18.1 Å². The van der Waals surface area contributed by atoms with Crippen LogP contribution in [0, 0.1) is 13.8 Å². The minimum atomic E-state index is -0.561. The van der Waals surface area contributed by atoms with E-state index in [0.29, 0.717) is 33.2 Å². The lowest BCUT2D eigenvalue weighted by molar-refractivity contribution is 0.0376. The monoisotopic (exact) mass is 389 g/mol. The van der Waals surface area contributed by atoms with E-state index in [9.17, 15) is 9.59 Å². The minimum Gasteiger partial charge on any atom is -0.459 e. The van der Waals surface area contributed by atoms with Gasteiger partial charge in [0.1, 0.15) is 17.9 Å². The van der Waals surface area contributed by atoms with E-state index in [-0.39, 0.29) is 18.4 Å². The number of nitrogens with one attached hydrogen (secondary N) is 1. The topological polar surface area (TPSA) is 85.7 Å². The minimum absolute atomic E-state index is 0.00140. The fourth-order valence-electron chi connectivity index (χ4n) is 2.83. The number of hydrogen-bond acceptors (Lipinski definition) is 5. The molecule has 3 heterocycles. The lowest BCUT2D eigenvalue weighted by Crippen LogP contribution is -2.13. The first kappa shape index (κ1) is 19.0. The zero-order valence-corrected chi connectivity index (χ0v) is 16.3. The number of fused-ring (bicyclic) bond motifs is 1. The van der Waals surface area contributed by atoms with Crippen LogP contribution in [0.5, 0.6) is 0 Å². The summed E-state index contributed by atoms with van der Waals surface area (Å²) in [5.74, 6) is -1.03. The number of aromatic nitrogens is 3. The number of H-pyrrole nitrogens is 1. The Bertz CT molecular complexity index is 1020. The third kappa shape index (κ3) is 3.98. The third-order valence-corrected chi connectivity index (χ3v) is 4.23. The van der Waals surface area contributed by atoms with Crippen LogP contribution in [0.3, 0.4) is 0 Å². The molecule has 0 bridgehead atoms. The molecule has 0 fully saturated rings. The van der Waals surface area contributed by atoms with E-state index in [1.54, 1.807) is 56.6 Å². The number of nitrogens with zero attached hydrogens (tertiary/aromatic N) is 2. The smallest absolute Gasteiger partial charge is 0.355 e. The Morgan fingerprint density at radius 2 is 1.96 bits per heavy atom. The van der Waals surface area contributed by atoms with Gasteiger partial charge in [-0.1, -0.05) is 11.6 Å². The molecule has 3 aromatic heterocycles. The van der Waals surface area contributed by atoms with E-state index in [4.69, 9.17) is 21.1 Å². The predicted molar refractivity (Wildman–Crippen MR) is 100 cm³/mol. The molecule has 27 heavy (non-hydrogen) atoms. The lowest BCUT2D eigenvalue weighted by atomic mass is 10.1. The van der Waals surface area contributed by atoms with Crippen molar-refractivity contribution in [3.8, 4) is 0 Å². The molecule has 1 N–H and O–H groups in total. The van der Waals surface area contributed by atoms with Gasteiger partial charge in [-0.05, 0) is 45.4 Å². The summed E-state index contributed by atoms with van der Waals surface area (Å²) in [6.45, 7) is 6.94. The molecule has 7 nitrogen and oxygen atoms in total. The van der Waals surface area contributed by atoms with E-state index in [0.717, 1.165) is 0 Å². The third-order valence-electron chi connectivity index (χ3n) is 4.00. The second kappa shape index (κ2) is 7.44. The van der Waals surface area contributed by atoms with Crippen LogP contribution < -0.4 is 0 Å². The molecule has 3 aromatic rings. The van der Waals surface area contributed by atoms with Crippen molar-refractivity contribution >= 4 is 29.2 Å². The van der Waals surface area contributed by atoms with Crippen molar-refractivity contribution in [3.05, 3.63) is 57.8 Å². The summed E-state index contributed by atoms with van der Waals surface area (Å²) in [4.78, 5) is 32.0. The fourth-order valence-corrected chi connectivity index (χ4v) is 3.00. The van der Waals surface area contributed by atoms with Gasteiger partial charge in [0.05, 0.1) is 22.4 Å². The van der Waals surface area contributed by atoms with Crippen molar-refractivity contribution in [1.82, 2.24) is 14.4 Å². The Balaban J connectivity index is 1.75. The van der Waals surface area contributed by atoms with Crippen LogP contribution in [0.25, 0.3) is 5.65 Å². The van der Waals surface area contributed by atoms with E-state index in [1.165, 1.54) is 0 Å². The Hall–Kier alpha value is -2.80. The van der Waals surface area contributed by atoms with E-state index >= 15 is 0 Å². The van der Waals surface area contributed by atoms with Gasteiger partial charge in [0.25, 0.3) is 0 Å². The SMILES string of the molecule is Cc1[nH]c(C(=O)OCc2cn3cc(Cl)ccc3n2)c(C)c1C(=O)OC(C)C. The summed E-state index contributed by atoms with van der Waals surface area (Å²) in [5.41, 5.74) is 2.95. The number of aromatic amines is 1. The normalized spacial score (nSPS) is 11.2. The number of carbonyl (C=O) groups excluding carboxylic acids is 2. The van der Waals surface area contributed by atoms with Gasteiger partial charge in [-0.15, -0.1) is 0 Å². The van der Waals surface area contributed by atoms with Crippen molar-refractivity contribution in [2.45, 2.75) is 40.4 Å². The number of ether oxygens (including phenoxy) is 2. The first-order chi connectivity index (χ1) is 12.8. The number of halogens is 1. The van der Waals surface area contributed by atoms with E-state index in [2.05, 4.69) is 9.97 Å². The zero-order chi connectivity index (χ0) is 19.7. The highest BCUT2D eigenvalue weighted by Crippen LogP contribution is 2.21. The van der Waals surface area contributed by atoms with Gasteiger partial charge in [0.15, 0.2) is 0 Å². The maximum atomic E-state index is 12.5. The molecule has 8 heteroatoms. The van der Waals surface area contributed by atoms with E-state index in [1.807, 2.05) is 0 Å². The van der Waals surface area contributed by atoms with Crippen molar-refractivity contribution < 1.29 is 19.1 Å². The highest BCUT2D eigenvalue weighted by Gasteiger charge is 2.24. The van der Waals surface area contributed by atoms with Gasteiger partial charge in [-0.25, -0.2) is 14.6 Å². The zero-order valence-electron chi connectivity index (χ0n) is 15.5. The largest absolute Gasteiger partial charge is 0.459 e. The number of pyridine rings is 1. The Morgan fingerprint density at radius 1 is 1.22 bits per heavy atom. The van der Waals surface area contributed by atoms with Gasteiger partial charge >= 0.3 is 11.9 Å². The summed E-state index contributed by atoms with van der Waals surface area (Å²) in [7, 11) is 0. The molecule has 0 aromatic carbocycles. The van der Waals surface area contributed by atoms with Crippen LogP contribution in [0.2, 0.25) is 5.02 Å². The summed E-state index contributed by atoms with van der Waals surface area (Å²) in [6, 6.07) is 3.52. The summed E-state index contributed by atoms with van der Waals surface area (Å²) < 4.78 is 12.3. The highest BCUT2D eigenvalue weighted by molar-refractivity contribution is 6.30. The van der Waals surface area contributed by atoms with E-state index < -0.39 is 11.9 Å². The molecule has 0 saturated heterocycles. The molecular formula is C19H20ClN3O4. The van der Waals surface area contributed by atoms with Gasteiger partial charge in [0.2, 0.25) is 0 Å². The van der Waals surface area contributed by atoms with Gasteiger partial charge in [-0.2, -0.15) is 0 Å². The van der Waals surface area contributed by atoms with Crippen LogP contribution in [-0.2, 0) is 16.1 Å². The quantitative estimate of drug-likeness (QED) is 0.670. The van der Waals surface area contributed by atoms with Crippen LogP contribution in [0.1, 0.15) is 51.6 Å². The molecule has 3 rings (SSSR count). The first-order valence-corrected chi connectivity index (χ1v) is 8.84. The molecule has 0 aliphatic carbocycles. The van der Waals surface area contributed by atoms with Gasteiger partial charge < -0.3 is 18.9 Å². The number of rotatable bonds is 5. The average molecular weight is 390 g/mol. The van der Waals surface area contributed by atoms with Crippen LogP contribution in [0.4, 0.5) is 0 Å². The number of esters is 2. The van der Waals surface area contributed by atoms with Crippen molar-refractivity contribution in [2.75, 3.05) is 0 Å². The number of aryl methyl sites for hydroxylation is 1. The molecule has 0 aliphatic rings. The second-order valence-corrected chi connectivity index (χ2v) is 6.94. The highest BCUT2D eigenvalue weighted by atomic mass is 35.5. The number of hydrogen-bond donors (Lipinski definition) is 1. The maximum absolute atomic E-state index is 12.5. The van der Waals surface area contributed by atoms with Crippen LogP contribution in [0.15, 0.2) is 24.5 Å². The summed E-state index contributed by atoms with van der Waals surface area (Å²) in [5, 5.41) is 0.585. The molecule has 0 saturated carbocycles. The molecule has 0 spiro atoms. The first-order valence-electron chi connectivity index (χ1n) is 8.46. The Labute approximate surface area is 161 Å². The van der Waals surface area contributed by atoms with Crippen LogP contribution in [-0.4, -0.2) is 32.4 Å². The van der Waals surface area contributed by atoms with Gasteiger partial charge in [-0.3, -0.25) is 0 Å². The molecule has 142 valence electrons. The van der Waals surface area contributed by atoms with Crippen molar-refractivity contribution in [2.24, 2.45) is 0 Å². The molecule has 0 atom stereocenters. The molecule has 0 unspecified atom stereocenters. The maximum Gasteiger partial charge on any atom is 0.355 e. The molecule has 0 radical (unpaired) electrons. The van der Waals surface area contributed by atoms with Crippen molar-refractivity contribution in [3.63, 3.8) is 0 Å². The number of carbonyl (C=O) groups is 2. The fraction of sp³-hybridized carbons (Fsp3) is 0.316. The Morgan fingerprint density at radius 3 is 2.67 bits per heavy atom. The molecule has 0 aliphatic heterocycles. The molecular weight excluding hydrogens is 370 g/mol.